The van der Waals surface area contributed by atoms with Crippen molar-refractivity contribution in [3.8, 4) is 11.8 Å². The first-order chi connectivity index (χ1) is 6.29. The molecule has 1 aromatic heterocycles. The van der Waals surface area contributed by atoms with E-state index in [-0.39, 0.29) is 11.1 Å². The van der Waals surface area contributed by atoms with Gasteiger partial charge in [0.15, 0.2) is 6.29 Å². The van der Waals surface area contributed by atoms with E-state index < -0.39 is 0 Å². The third-order valence-electron chi connectivity index (χ3n) is 1.60. The van der Waals surface area contributed by atoms with Gasteiger partial charge in [0, 0.05) is 6.20 Å². The quantitative estimate of drug-likeness (QED) is 0.490. The van der Waals surface area contributed by atoms with E-state index in [0.29, 0.717) is 12.8 Å². The monoisotopic (exact) mass is 175 g/mol. The fourth-order valence-corrected chi connectivity index (χ4v) is 0.934. The van der Waals surface area contributed by atoms with Crippen LogP contribution in [0.3, 0.4) is 0 Å². The highest BCUT2D eigenvalue weighted by molar-refractivity contribution is 5.73. The lowest BCUT2D eigenvalue weighted by Gasteiger charge is -1.99. The van der Waals surface area contributed by atoms with E-state index >= 15 is 0 Å². The summed E-state index contributed by atoms with van der Waals surface area (Å²) < 4.78 is 1.40. The van der Waals surface area contributed by atoms with Gasteiger partial charge in [-0.2, -0.15) is 0 Å². The Morgan fingerprint density at radius 2 is 2.38 bits per heavy atom. The molecule has 0 saturated carbocycles. The van der Waals surface area contributed by atoms with Gasteiger partial charge >= 0.3 is 0 Å². The highest BCUT2D eigenvalue weighted by Crippen LogP contribution is 1.87. The maximum absolute atomic E-state index is 11.4. The van der Waals surface area contributed by atoms with Crippen molar-refractivity contribution in [3.63, 3.8) is 0 Å². The van der Waals surface area contributed by atoms with E-state index in [2.05, 4.69) is 11.8 Å². The first-order valence-electron chi connectivity index (χ1n) is 3.84. The Balaban J connectivity index is 3.13. The van der Waals surface area contributed by atoms with Crippen LogP contribution in [0, 0.1) is 11.8 Å². The molecule has 3 heteroatoms. The predicted molar refractivity (Wildman–Crippen MR) is 49.5 cm³/mol. The highest BCUT2D eigenvalue weighted by Gasteiger charge is 1.98. The van der Waals surface area contributed by atoms with Gasteiger partial charge < -0.3 is 4.57 Å². The Morgan fingerprint density at radius 3 is 3.00 bits per heavy atom. The van der Waals surface area contributed by atoms with Gasteiger partial charge in [-0.3, -0.25) is 9.59 Å². The molecule has 0 saturated heterocycles. The Morgan fingerprint density at radius 1 is 1.62 bits per heavy atom. The molecule has 3 nitrogen and oxygen atoms in total. The summed E-state index contributed by atoms with van der Waals surface area (Å²) in [4.78, 5) is 21.8. The summed E-state index contributed by atoms with van der Waals surface area (Å²) in [5.74, 6) is 5.44. The zero-order valence-electron chi connectivity index (χ0n) is 7.28. The minimum atomic E-state index is -0.291. The molecule has 1 aromatic rings. The van der Waals surface area contributed by atoms with Crippen LogP contribution in [0.4, 0.5) is 0 Å². The molecule has 13 heavy (non-hydrogen) atoms. The molecule has 1 heterocycles. The summed E-state index contributed by atoms with van der Waals surface area (Å²) in [6.45, 7) is 2.03. The average molecular weight is 175 g/mol. The van der Waals surface area contributed by atoms with Gasteiger partial charge in [0.25, 0.3) is 5.56 Å². The van der Waals surface area contributed by atoms with Crippen LogP contribution in [-0.4, -0.2) is 10.9 Å². The van der Waals surface area contributed by atoms with Crippen LogP contribution in [0.15, 0.2) is 23.1 Å². The lowest BCUT2D eigenvalue weighted by molar-refractivity contribution is 0.112. The number of hydrogen-bond acceptors (Lipinski definition) is 2. The second-order valence-corrected chi connectivity index (χ2v) is 2.44. The molecule has 0 N–H and O–H groups in total. The number of carbonyl (C=O) groups excluding carboxylic acids is 1. The smallest absolute Gasteiger partial charge is 0.261 e. The van der Waals surface area contributed by atoms with E-state index in [1.807, 2.05) is 0 Å². The molecular weight excluding hydrogens is 166 g/mol. The summed E-state index contributed by atoms with van der Waals surface area (Å²) >= 11 is 0. The zero-order valence-corrected chi connectivity index (χ0v) is 7.28. The lowest BCUT2D eigenvalue weighted by atomic mass is 10.3. The number of hydrogen-bond donors (Lipinski definition) is 0. The van der Waals surface area contributed by atoms with E-state index in [1.165, 1.54) is 10.6 Å². The number of nitrogens with zero attached hydrogens (tertiary/aromatic N) is 1. The number of rotatable bonds is 2. The normalized spacial score (nSPS) is 8.69. The molecule has 0 bridgehead atoms. The van der Waals surface area contributed by atoms with Gasteiger partial charge in [-0.25, -0.2) is 0 Å². The molecule has 0 amide bonds. The fraction of sp³-hybridized carbons (Fsp3) is 0.200. The van der Waals surface area contributed by atoms with Crippen molar-refractivity contribution in [3.05, 3.63) is 34.2 Å². The van der Waals surface area contributed by atoms with Crippen LogP contribution in [-0.2, 0) is 6.54 Å². The van der Waals surface area contributed by atoms with Gasteiger partial charge in [-0.1, -0.05) is 5.92 Å². The average Bonchev–Trinajstić information content (AvgIpc) is 2.16. The van der Waals surface area contributed by atoms with E-state index in [9.17, 15) is 9.59 Å². The van der Waals surface area contributed by atoms with Crippen LogP contribution in [0.25, 0.3) is 0 Å². The van der Waals surface area contributed by atoms with Crippen LogP contribution in [0.2, 0.25) is 0 Å². The van der Waals surface area contributed by atoms with E-state index in [1.54, 1.807) is 19.2 Å². The molecule has 1 rings (SSSR count). The number of aldehydes is 1. The van der Waals surface area contributed by atoms with Crippen LogP contribution in [0.5, 0.6) is 0 Å². The molecule has 0 aliphatic heterocycles. The van der Waals surface area contributed by atoms with Crippen molar-refractivity contribution in [2.24, 2.45) is 0 Å². The van der Waals surface area contributed by atoms with Gasteiger partial charge in [0.05, 0.1) is 12.1 Å². The summed E-state index contributed by atoms with van der Waals surface area (Å²) in [6, 6.07) is 3.15. The molecule has 0 unspecified atom stereocenters. The van der Waals surface area contributed by atoms with Crippen LogP contribution < -0.4 is 5.56 Å². The maximum Gasteiger partial charge on any atom is 0.261 e. The van der Waals surface area contributed by atoms with Gasteiger partial charge in [0.1, 0.15) is 0 Å². The Labute approximate surface area is 76.0 Å². The largest absolute Gasteiger partial charge is 0.303 e. The first-order valence-corrected chi connectivity index (χ1v) is 3.84. The number of aromatic nitrogens is 1. The summed E-state index contributed by atoms with van der Waals surface area (Å²) in [6.07, 6.45) is 2.16. The summed E-state index contributed by atoms with van der Waals surface area (Å²) in [5.41, 5.74) is -0.124. The van der Waals surface area contributed by atoms with Crippen molar-refractivity contribution < 1.29 is 4.79 Å². The van der Waals surface area contributed by atoms with E-state index in [4.69, 9.17) is 0 Å². The SMILES string of the molecule is CC#CCn1cccc(C=O)c1=O. The minimum Gasteiger partial charge on any atom is -0.303 e. The molecule has 0 radical (unpaired) electrons. The van der Waals surface area contributed by atoms with Crippen LogP contribution in [0.1, 0.15) is 17.3 Å². The summed E-state index contributed by atoms with van der Waals surface area (Å²) in [5, 5.41) is 0. The molecule has 0 fully saturated rings. The Kier molecular flexibility index (Phi) is 3.04. The number of pyridine rings is 1. The molecular formula is C10H9NO2. The van der Waals surface area contributed by atoms with Crippen molar-refractivity contribution in [2.45, 2.75) is 13.5 Å². The molecule has 0 atom stereocenters. The lowest BCUT2D eigenvalue weighted by Crippen LogP contribution is -2.22. The van der Waals surface area contributed by atoms with Crippen molar-refractivity contribution in [2.75, 3.05) is 0 Å². The molecule has 0 spiro atoms. The van der Waals surface area contributed by atoms with Crippen molar-refractivity contribution in [1.82, 2.24) is 4.57 Å². The van der Waals surface area contributed by atoms with Gasteiger partial charge in [-0.15, -0.1) is 5.92 Å². The molecule has 0 aliphatic rings. The predicted octanol–water partition coefficient (Wildman–Crippen LogP) is 0.684. The van der Waals surface area contributed by atoms with E-state index in [0.717, 1.165) is 0 Å². The zero-order chi connectivity index (χ0) is 9.68. The third kappa shape index (κ3) is 2.06. The molecule has 0 aromatic carbocycles. The van der Waals surface area contributed by atoms with Gasteiger partial charge in [-0.05, 0) is 19.1 Å². The third-order valence-corrected chi connectivity index (χ3v) is 1.60. The standard InChI is InChI=1S/C10H9NO2/c1-2-3-6-11-7-4-5-9(8-12)10(11)13/h4-5,7-8H,6H2,1H3. The fourth-order valence-electron chi connectivity index (χ4n) is 0.934. The summed E-state index contributed by atoms with van der Waals surface area (Å²) in [7, 11) is 0. The second-order valence-electron chi connectivity index (χ2n) is 2.44. The topological polar surface area (TPSA) is 39.1 Å². The van der Waals surface area contributed by atoms with Crippen LogP contribution >= 0.6 is 0 Å². The van der Waals surface area contributed by atoms with Gasteiger partial charge in [0.2, 0.25) is 0 Å². The maximum atomic E-state index is 11.4. The number of carbonyl (C=O) groups is 1. The Bertz CT molecular complexity index is 421. The molecule has 0 aliphatic carbocycles. The first kappa shape index (κ1) is 9.27. The minimum absolute atomic E-state index is 0.167. The van der Waals surface area contributed by atoms with Crippen molar-refractivity contribution in [1.29, 1.82) is 0 Å². The highest BCUT2D eigenvalue weighted by atomic mass is 16.1. The van der Waals surface area contributed by atoms with Crippen molar-refractivity contribution >= 4 is 6.29 Å². The second kappa shape index (κ2) is 4.27. The molecule has 66 valence electrons. The Hall–Kier alpha value is -1.82.